The minimum absolute atomic E-state index is 0. The van der Waals surface area contributed by atoms with Gasteiger partial charge in [0, 0.05) is 12.5 Å². The van der Waals surface area contributed by atoms with E-state index in [1.807, 2.05) is 0 Å². The number of halogens is 1. The van der Waals surface area contributed by atoms with E-state index in [9.17, 15) is 9.59 Å². The van der Waals surface area contributed by atoms with Crippen LogP contribution in [0.3, 0.4) is 0 Å². The van der Waals surface area contributed by atoms with Crippen molar-refractivity contribution in [3.05, 3.63) is 0 Å². The van der Waals surface area contributed by atoms with Gasteiger partial charge in [-0.2, -0.15) is 0 Å². The van der Waals surface area contributed by atoms with E-state index in [0.717, 1.165) is 19.3 Å². The van der Waals surface area contributed by atoms with Gasteiger partial charge in [-0.1, -0.05) is 26.2 Å². The van der Waals surface area contributed by atoms with Crippen molar-refractivity contribution in [2.75, 3.05) is 13.7 Å². The molecule has 0 aromatic rings. The van der Waals surface area contributed by atoms with E-state index < -0.39 is 5.54 Å². The van der Waals surface area contributed by atoms with Gasteiger partial charge < -0.3 is 15.8 Å². The van der Waals surface area contributed by atoms with E-state index in [1.165, 1.54) is 7.11 Å². The average molecular weight is 279 g/mol. The number of amides is 1. The molecule has 106 valence electrons. The molecule has 0 aromatic heterocycles. The maximum Gasteiger partial charge on any atom is 0.331 e. The number of carbonyl (C=O) groups is 2. The van der Waals surface area contributed by atoms with Gasteiger partial charge >= 0.3 is 5.97 Å². The summed E-state index contributed by atoms with van der Waals surface area (Å²) in [7, 11) is 1.36. The molecule has 5 nitrogen and oxygen atoms in total. The lowest BCUT2D eigenvalue weighted by Crippen LogP contribution is -2.57. The molecule has 6 heteroatoms. The highest BCUT2D eigenvalue weighted by Gasteiger charge is 2.42. The quantitative estimate of drug-likeness (QED) is 0.752. The molecule has 0 radical (unpaired) electrons. The van der Waals surface area contributed by atoms with E-state index in [0.29, 0.717) is 12.8 Å². The Hall–Kier alpha value is -0.810. The molecular weight excluding hydrogens is 256 g/mol. The van der Waals surface area contributed by atoms with E-state index in [2.05, 4.69) is 5.32 Å². The maximum atomic E-state index is 11.9. The maximum absolute atomic E-state index is 11.9. The zero-order chi connectivity index (χ0) is 12.9. The number of ether oxygens (including phenoxy) is 1. The number of nitrogens with two attached hydrogens (primary N) is 1. The number of esters is 1. The largest absolute Gasteiger partial charge is 0.467 e. The second-order valence-electron chi connectivity index (χ2n) is 4.76. The van der Waals surface area contributed by atoms with Gasteiger partial charge in [-0.15, -0.1) is 12.4 Å². The SMILES string of the molecule is COC(=O)C1(NC(=O)C(C)CN)CCCCC1.Cl. The topological polar surface area (TPSA) is 81.4 Å². The zero-order valence-corrected chi connectivity index (χ0v) is 11.8. The number of methoxy groups -OCH3 is 1. The van der Waals surface area contributed by atoms with E-state index in [-0.39, 0.29) is 36.7 Å². The second-order valence-corrected chi connectivity index (χ2v) is 4.76. The van der Waals surface area contributed by atoms with Gasteiger partial charge in [0.15, 0.2) is 0 Å². The van der Waals surface area contributed by atoms with Gasteiger partial charge in [0.1, 0.15) is 5.54 Å². The van der Waals surface area contributed by atoms with Crippen LogP contribution in [0.25, 0.3) is 0 Å². The molecule has 18 heavy (non-hydrogen) atoms. The standard InChI is InChI=1S/C12H22N2O3.ClH/c1-9(8-13)10(15)14-12(11(16)17-2)6-4-3-5-7-12;/h9H,3-8,13H2,1-2H3,(H,14,15);1H. The first-order valence-electron chi connectivity index (χ1n) is 6.16. The fourth-order valence-corrected chi connectivity index (χ4v) is 2.20. The van der Waals surface area contributed by atoms with Crippen LogP contribution >= 0.6 is 12.4 Å². The van der Waals surface area contributed by atoms with Gasteiger partial charge in [0.25, 0.3) is 0 Å². The summed E-state index contributed by atoms with van der Waals surface area (Å²) >= 11 is 0. The van der Waals surface area contributed by atoms with E-state index in [4.69, 9.17) is 10.5 Å². The smallest absolute Gasteiger partial charge is 0.331 e. The summed E-state index contributed by atoms with van der Waals surface area (Å²) in [5.74, 6) is -0.784. The number of hydrogen-bond acceptors (Lipinski definition) is 4. The first-order valence-corrected chi connectivity index (χ1v) is 6.16. The number of hydrogen-bond donors (Lipinski definition) is 2. The molecule has 0 aromatic carbocycles. The van der Waals surface area contributed by atoms with Gasteiger partial charge in [-0.25, -0.2) is 4.79 Å². The van der Waals surface area contributed by atoms with Crippen molar-refractivity contribution < 1.29 is 14.3 Å². The molecule has 1 aliphatic carbocycles. The summed E-state index contributed by atoms with van der Waals surface area (Å²) in [6.07, 6.45) is 4.28. The molecule has 1 aliphatic rings. The molecule has 1 saturated carbocycles. The van der Waals surface area contributed by atoms with Crippen LogP contribution in [0.5, 0.6) is 0 Å². The Morgan fingerprint density at radius 2 is 1.89 bits per heavy atom. The molecule has 0 saturated heterocycles. The third-order valence-electron chi connectivity index (χ3n) is 3.45. The van der Waals surface area contributed by atoms with Crippen LogP contribution < -0.4 is 11.1 Å². The number of carbonyl (C=O) groups excluding carboxylic acids is 2. The summed E-state index contributed by atoms with van der Waals surface area (Å²) in [4.78, 5) is 23.7. The average Bonchev–Trinajstić information content (AvgIpc) is 2.37. The lowest BCUT2D eigenvalue weighted by atomic mass is 9.81. The van der Waals surface area contributed by atoms with E-state index in [1.54, 1.807) is 6.92 Å². The minimum Gasteiger partial charge on any atom is -0.467 e. The van der Waals surface area contributed by atoms with Crippen molar-refractivity contribution in [2.24, 2.45) is 11.7 Å². The normalized spacial score (nSPS) is 19.3. The van der Waals surface area contributed by atoms with Crippen molar-refractivity contribution in [1.82, 2.24) is 5.32 Å². The van der Waals surface area contributed by atoms with Crippen molar-refractivity contribution in [1.29, 1.82) is 0 Å². The molecule has 0 bridgehead atoms. The highest BCUT2D eigenvalue weighted by Crippen LogP contribution is 2.29. The summed E-state index contributed by atoms with van der Waals surface area (Å²) < 4.78 is 4.82. The molecule has 1 rings (SSSR count). The van der Waals surface area contributed by atoms with Crippen molar-refractivity contribution in [3.8, 4) is 0 Å². The number of rotatable bonds is 4. The molecule has 1 unspecified atom stereocenters. The fraction of sp³-hybridized carbons (Fsp3) is 0.833. The van der Waals surface area contributed by atoms with Gasteiger partial charge in [0.2, 0.25) is 5.91 Å². The highest BCUT2D eigenvalue weighted by atomic mass is 35.5. The Labute approximate surface area is 114 Å². The van der Waals surface area contributed by atoms with Gasteiger partial charge in [-0.05, 0) is 12.8 Å². The first kappa shape index (κ1) is 17.2. The monoisotopic (exact) mass is 278 g/mol. The van der Waals surface area contributed by atoms with E-state index >= 15 is 0 Å². The summed E-state index contributed by atoms with van der Waals surface area (Å²) in [5.41, 5.74) is 4.63. The molecule has 0 spiro atoms. The van der Waals surface area contributed by atoms with Crippen LogP contribution in [0.15, 0.2) is 0 Å². The lowest BCUT2D eigenvalue weighted by molar-refractivity contribution is -0.153. The summed E-state index contributed by atoms with van der Waals surface area (Å²) in [6.45, 7) is 2.03. The van der Waals surface area contributed by atoms with Crippen molar-refractivity contribution in [3.63, 3.8) is 0 Å². The highest BCUT2D eigenvalue weighted by molar-refractivity contribution is 5.89. The third-order valence-corrected chi connectivity index (χ3v) is 3.45. The molecular formula is C12H23ClN2O3. The van der Waals surface area contributed by atoms with Crippen LogP contribution in [0.4, 0.5) is 0 Å². The molecule has 3 N–H and O–H groups in total. The van der Waals surface area contributed by atoms with Gasteiger partial charge in [0.05, 0.1) is 7.11 Å². The summed E-state index contributed by atoms with van der Waals surface area (Å²) in [6, 6.07) is 0. The lowest BCUT2D eigenvalue weighted by Gasteiger charge is -2.35. The Morgan fingerprint density at radius 3 is 2.33 bits per heavy atom. The molecule has 0 heterocycles. The van der Waals surface area contributed by atoms with Crippen molar-refractivity contribution in [2.45, 2.75) is 44.6 Å². The number of nitrogens with one attached hydrogen (secondary N) is 1. The molecule has 0 aliphatic heterocycles. The van der Waals surface area contributed by atoms with Crippen LogP contribution in [-0.2, 0) is 14.3 Å². The first-order chi connectivity index (χ1) is 8.05. The van der Waals surface area contributed by atoms with Crippen molar-refractivity contribution >= 4 is 24.3 Å². The Balaban J connectivity index is 0.00000289. The fourth-order valence-electron chi connectivity index (χ4n) is 2.20. The van der Waals surface area contributed by atoms with Crippen LogP contribution in [0.2, 0.25) is 0 Å². The molecule has 1 fully saturated rings. The summed E-state index contributed by atoms with van der Waals surface area (Å²) in [5, 5.41) is 2.84. The molecule has 1 atom stereocenters. The van der Waals surface area contributed by atoms with Crippen LogP contribution in [0.1, 0.15) is 39.0 Å². The predicted molar refractivity (Wildman–Crippen MR) is 71.4 cm³/mol. The van der Waals surface area contributed by atoms with Crippen LogP contribution in [-0.4, -0.2) is 31.1 Å². The molecule has 1 amide bonds. The predicted octanol–water partition coefficient (Wildman–Crippen LogP) is 0.995. The second kappa shape index (κ2) is 7.59. The Morgan fingerprint density at radius 1 is 1.33 bits per heavy atom. The van der Waals surface area contributed by atoms with Crippen LogP contribution in [0, 0.1) is 5.92 Å². The Bertz CT molecular complexity index is 291. The van der Waals surface area contributed by atoms with Gasteiger partial charge in [-0.3, -0.25) is 4.79 Å². The minimum atomic E-state index is -0.826. The third kappa shape index (κ3) is 3.85. The zero-order valence-electron chi connectivity index (χ0n) is 11.0. The Kier molecular flexibility index (Phi) is 7.25.